The van der Waals surface area contributed by atoms with Crippen LogP contribution in [0.15, 0.2) is 156 Å². The van der Waals surface area contributed by atoms with Gasteiger partial charge in [-0.15, -0.1) is 0 Å². The van der Waals surface area contributed by atoms with Gasteiger partial charge in [0.05, 0.1) is 46.6 Å². The number of hydrogen-bond donors (Lipinski definition) is 6. The van der Waals surface area contributed by atoms with Crippen LogP contribution in [0.25, 0.3) is 33.8 Å². The largest absolute Gasteiger partial charge is 0.432 e. The van der Waals surface area contributed by atoms with E-state index < -0.39 is 5.82 Å². The molecule has 0 spiro atoms. The SMILES string of the molecule is OC1CCC(=Nc2nc(Nc3ccc(C#Cc4cc(F)cc(-c5ccc(-c6cnc(Nc7ccc(C#Cc8cc(Nc9ncco9)ccn8)cc7)nc6NC6CCC(O)CC6)nc5)n4)cc3)ncc2-c2ccccn2)CC1. The summed E-state index contributed by atoms with van der Waals surface area (Å²) in [5, 5.41) is 33.5. The summed E-state index contributed by atoms with van der Waals surface area (Å²) in [5.74, 6) is 13.7. The molecule has 2 fully saturated rings. The van der Waals surface area contributed by atoms with E-state index in [0.717, 1.165) is 41.2 Å². The highest BCUT2D eigenvalue weighted by atomic mass is 19.1. The Labute approximate surface area is 442 Å². The van der Waals surface area contributed by atoms with Crippen LogP contribution in [0.4, 0.5) is 51.0 Å². The second kappa shape index (κ2) is 23.2. The van der Waals surface area contributed by atoms with Gasteiger partial charge in [0.1, 0.15) is 29.3 Å². The highest BCUT2D eigenvalue weighted by molar-refractivity contribution is 5.89. The van der Waals surface area contributed by atoms with Gasteiger partial charge in [-0.25, -0.2) is 34.3 Å². The second-order valence-electron chi connectivity index (χ2n) is 18.4. The molecule has 11 rings (SSSR count). The van der Waals surface area contributed by atoms with E-state index in [9.17, 15) is 10.2 Å². The predicted octanol–water partition coefficient (Wildman–Crippen LogP) is 10.7. The van der Waals surface area contributed by atoms with E-state index in [0.29, 0.717) is 113 Å². The summed E-state index contributed by atoms with van der Waals surface area (Å²) in [6.45, 7) is 0. The van der Waals surface area contributed by atoms with Gasteiger partial charge in [-0.05, 0) is 148 Å². The summed E-state index contributed by atoms with van der Waals surface area (Å²) in [6, 6.07) is 31.1. The Morgan fingerprint density at radius 1 is 0.545 bits per heavy atom. The lowest BCUT2D eigenvalue weighted by atomic mass is 9.93. The number of aliphatic hydroxyl groups is 2. The fourth-order valence-electron chi connectivity index (χ4n) is 8.77. The first-order chi connectivity index (χ1) is 37.8. The standard InChI is InChI=1S/C59H49FN14O3/c60-40-31-46(16-9-38-6-13-44(14-7-38)70-57-65-35-50(52-3-1-2-27-62-52)55(73-57)68-41-17-21-48(75)22-18-41)67-54(32-40)39-10-25-53(64-34-39)51-36-66-58(74-56(51)69-42-19-23-49(76)24-20-42)71-43-11-4-37(5-12-43)8-15-45-33-47(26-28-61-45)72-59-63-29-30-77-59/h1-7,10-14,25-36,42,48-49,75-76H,17-24H2,(H,61,63,72)(H,65,70,73)(H2,66,69,71,74). The zero-order chi connectivity index (χ0) is 52.3. The lowest BCUT2D eigenvalue weighted by Crippen LogP contribution is -2.29. The number of rotatable bonds is 12. The van der Waals surface area contributed by atoms with Crippen molar-refractivity contribution in [2.75, 3.05) is 21.3 Å². The molecule has 18 heteroatoms. The van der Waals surface area contributed by atoms with Crippen molar-refractivity contribution in [1.82, 2.24) is 44.9 Å². The van der Waals surface area contributed by atoms with E-state index in [-0.39, 0.29) is 23.9 Å². The summed E-state index contributed by atoms with van der Waals surface area (Å²) in [5.41, 5.74) is 9.25. The van der Waals surface area contributed by atoms with Crippen LogP contribution in [-0.4, -0.2) is 79.0 Å². The first-order valence-corrected chi connectivity index (χ1v) is 25.2. The topological polar surface area (TPSA) is 230 Å². The van der Waals surface area contributed by atoms with Crippen molar-refractivity contribution in [3.8, 4) is 57.5 Å². The number of aliphatic imine (C=N–C) groups is 1. The molecule has 2 aromatic carbocycles. The van der Waals surface area contributed by atoms with Crippen LogP contribution in [0, 0.1) is 29.5 Å². The number of oxazole rings is 1. The number of hydrogen-bond acceptors (Lipinski definition) is 17. The minimum atomic E-state index is -0.484. The summed E-state index contributed by atoms with van der Waals surface area (Å²) < 4.78 is 20.5. The van der Waals surface area contributed by atoms with Crippen molar-refractivity contribution >= 4 is 52.3 Å². The molecule has 7 heterocycles. The first-order valence-electron chi connectivity index (χ1n) is 25.2. The Morgan fingerprint density at radius 3 is 1.94 bits per heavy atom. The van der Waals surface area contributed by atoms with Gasteiger partial charge >= 0.3 is 0 Å². The summed E-state index contributed by atoms with van der Waals surface area (Å²) in [6.07, 6.45) is 16.6. The van der Waals surface area contributed by atoms with Crippen LogP contribution in [0.5, 0.6) is 0 Å². The summed E-state index contributed by atoms with van der Waals surface area (Å²) >= 11 is 0. The van der Waals surface area contributed by atoms with Gasteiger partial charge in [0.25, 0.3) is 6.01 Å². The highest BCUT2D eigenvalue weighted by Gasteiger charge is 2.22. The number of nitrogens with zero attached hydrogens (tertiary/aromatic N) is 10. The fourth-order valence-corrected chi connectivity index (χ4v) is 8.77. The molecular weight excluding hydrogens is 972 g/mol. The van der Waals surface area contributed by atoms with Crippen molar-refractivity contribution < 1.29 is 19.0 Å². The zero-order valence-electron chi connectivity index (χ0n) is 41.4. The highest BCUT2D eigenvalue weighted by Crippen LogP contribution is 2.33. The number of nitrogens with one attached hydrogen (secondary N) is 4. The molecule has 380 valence electrons. The van der Waals surface area contributed by atoms with Crippen LogP contribution >= 0.6 is 0 Å². The molecule has 0 amide bonds. The molecule has 2 aliphatic carbocycles. The molecular formula is C59H49FN14O3. The molecule has 0 unspecified atom stereocenters. The molecule has 0 aliphatic heterocycles. The predicted molar refractivity (Wildman–Crippen MR) is 293 cm³/mol. The molecule has 0 radical (unpaired) electrons. The lowest BCUT2D eigenvalue weighted by Gasteiger charge is -2.27. The van der Waals surface area contributed by atoms with Crippen LogP contribution < -0.4 is 21.3 Å². The molecule has 0 bridgehead atoms. The van der Waals surface area contributed by atoms with Crippen molar-refractivity contribution in [1.29, 1.82) is 0 Å². The molecule has 7 aromatic heterocycles. The Kier molecular flexibility index (Phi) is 14.9. The van der Waals surface area contributed by atoms with E-state index in [1.54, 1.807) is 43.2 Å². The van der Waals surface area contributed by atoms with Gasteiger partial charge in [-0.2, -0.15) is 9.97 Å². The molecule has 0 saturated heterocycles. The van der Waals surface area contributed by atoms with Crippen LogP contribution in [-0.2, 0) is 0 Å². The van der Waals surface area contributed by atoms with Gasteiger partial charge < -0.3 is 35.9 Å². The van der Waals surface area contributed by atoms with Gasteiger partial charge in [-0.1, -0.05) is 17.9 Å². The number of anilines is 7. The monoisotopic (exact) mass is 1020 g/mol. The Hall–Kier alpha value is -9.75. The Balaban J connectivity index is 0.765. The zero-order valence-corrected chi connectivity index (χ0v) is 41.4. The molecule has 9 aromatic rings. The van der Waals surface area contributed by atoms with Crippen molar-refractivity contribution in [2.24, 2.45) is 4.99 Å². The third-order valence-electron chi connectivity index (χ3n) is 12.9. The fraction of sp³-hybridized carbons (Fsp3) is 0.186. The normalized spacial score (nSPS) is 16.0. The first kappa shape index (κ1) is 49.5. The quantitative estimate of drug-likeness (QED) is 0.0625. The van der Waals surface area contributed by atoms with Crippen LogP contribution in [0.2, 0.25) is 0 Å². The molecule has 2 saturated carbocycles. The molecule has 17 nitrogen and oxygen atoms in total. The van der Waals surface area contributed by atoms with Crippen LogP contribution in [0.1, 0.15) is 73.9 Å². The summed E-state index contributed by atoms with van der Waals surface area (Å²) in [4.78, 5) is 46.2. The molecule has 77 heavy (non-hydrogen) atoms. The average molecular weight is 1020 g/mol. The van der Waals surface area contributed by atoms with Crippen molar-refractivity contribution in [3.63, 3.8) is 0 Å². The van der Waals surface area contributed by atoms with E-state index in [4.69, 9.17) is 24.4 Å². The van der Waals surface area contributed by atoms with Gasteiger partial charge in [0.2, 0.25) is 11.9 Å². The van der Waals surface area contributed by atoms with Crippen LogP contribution in [0.3, 0.4) is 0 Å². The van der Waals surface area contributed by atoms with Gasteiger partial charge in [0, 0.05) is 88.6 Å². The Morgan fingerprint density at radius 2 is 1.25 bits per heavy atom. The maximum Gasteiger partial charge on any atom is 0.299 e. The lowest BCUT2D eigenvalue weighted by molar-refractivity contribution is 0.126. The van der Waals surface area contributed by atoms with E-state index in [2.05, 4.69) is 74.9 Å². The second-order valence-corrected chi connectivity index (χ2v) is 18.4. The van der Waals surface area contributed by atoms with Crippen molar-refractivity contribution in [2.45, 2.75) is 69.6 Å². The van der Waals surface area contributed by atoms with E-state index in [1.165, 1.54) is 18.4 Å². The Bertz CT molecular complexity index is 3650. The number of aromatic nitrogens is 9. The average Bonchev–Trinajstić information content (AvgIpc) is 3.98. The number of halogens is 1. The molecule has 6 N–H and O–H groups in total. The van der Waals surface area contributed by atoms with Gasteiger partial charge in [-0.3, -0.25) is 9.97 Å². The summed E-state index contributed by atoms with van der Waals surface area (Å²) in [7, 11) is 0. The third-order valence-corrected chi connectivity index (χ3v) is 12.9. The minimum absolute atomic E-state index is 0.0879. The smallest absolute Gasteiger partial charge is 0.299 e. The van der Waals surface area contributed by atoms with Crippen molar-refractivity contribution in [3.05, 3.63) is 175 Å². The number of benzene rings is 2. The maximum absolute atomic E-state index is 15.2. The minimum Gasteiger partial charge on any atom is -0.432 e. The number of pyridine rings is 4. The third kappa shape index (κ3) is 13.0. The van der Waals surface area contributed by atoms with E-state index >= 15 is 4.39 Å². The maximum atomic E-state index is 15.2. The molecule has 2 aliphatic rings. The molecule has 0 atom stereocenters. The van der Waals surface area contributed by atoms with E-state index in [1.807, 2.05) is 84.9 Å². The van der Waals surface area contributed by atoms with Gasteiger partial charge in [0.15, 0.2) is 5.82 Å². The number of aliphatic hydroxyl groups excluding tert-OH is 2.